The molecule has 2 rings (SSSR count). The van der Waals surface area contributed by atoms with Crippen LogP contribution >= 0.6 is 0 Å². The third kappa shape index (κ3) is 2.04. The van der Waals surface area contributed by atoms with Crippen LogP contribution in [-0.2, 0) is 13.5 Å². The van der Waals surface area contributed by atoms with Crippen LogP contribution in [0.2, 0.25) is 0 Å². The molecule has 0 aliphatic rings. The number of hydrogen-bond donors (Lipinski definition) is 1. The molecule has 80 valence electrons. The molecule has 0 spiro atoms. The first kappa shape index (κ1) is 9.85. The normalized spacial score (nSPS) is 13.0. The molecular weight excluding hydrogens is 196 g/mol. The summed E-state index contributed by atoms with van der Waals surface area (Å²) >= 11 is 0. The molecule has 0 radical (unpaired) electrons. The molecule has 1 atom stereocenters. The Bertz CT molecular complexity index is 446. The molecule has 0 aliphatic heterocycles. The Morgan fingerprint density at radius 1 is 1.60 bits per heavy atom. The van der Waals surface area contributed by atoms with Gasteiger partial charge in [0.25, 0.3) is 0 Å². The van der Waals surface area contributed by atoms with Gasteiger partial charge in [-0.1, -0.05) is 5.16 Å². The lowest BCUT2D eigenvalue weighted by atomic mass is 10.3. The zero-order valence-corrected chi connectivity index (χ0v) is 8.58. The van der Waals surface area contributed by atoms with Crippen molar-refractivity contribution in [2.45, 2.75) is 19.4 Å². The zero-order chi connectivity index (χ0) is 10.8. The van der Waals surface area contributed by atoms with Gasteiger partial charge >= 0.3 is 0 Å². The van der Waals surface area contributed by atoms with Crippen molar-refractivity contribution >= 4 is 0 Å². The number of aromatic nitrogens is 4. The summed E-state index contributed by atoms with van der Waals surface area (Å²) in [6.07, 6.45) is 3.34. The van der Waals surface area contributed by atoms with E-state index in [0.29, 0.717) is 24.0 Å². The van der Waals surface area contributed by atoms with Crippen molar-refractivity contribution in [3.8, 4) is 11.6 Å². The smallest absolute Gasteiger partial charge is 0.238 e. The fourth-order valence-electron chi connectivity index (χ4n) is 1.26. The predicted molar refractivity (Wildman–Crippen MR) is 51.9 cm³/mol. The van der Waals surface area contributed by atoms with E-state index in [1.54, 1.807) is 23.9 Å². The number of nitrogens with zero attached hydrogens (tertiary/aromatic N) is 4. The van der Waals surface area contributed by atoms with Gasteiger partial charge in [-0.3, -0.25) is 0 Å². The van der Waals surface area contributed by atoms with Crippen LogP contribution in [0, 0.1) is 0 Å². The maximum Gasteiger partial charge on any atom is 0.238 e. The average molecular weight is 208 g/mol. The Hall–Kier alpha value is -1.69. The Kier molecular flexibility index (Phi) is 2.51. The summed E-state index contributed by atoms with van der Waals surface area (Å²) in [7, 11) is 1.85. The first-order chi connectivity index (χ1) is 7.16. The summed E-state index contributed by atoms with van der Waals surface area (Å²) in [5.74, 6) is 1.51. The third-order valence-electron chi connectivity index (χ3n) is 1.96. The van der Waals surface area contributed by atoms with E-state index in [-0.39, 0.29) is 0 Å². The number of hydrogen-bond acceptors (Lipinski definition) is 5. The van der Waals surface area contributed by atoms with Crippen LogP contribution in [0.5, 0.6) is 0 Å². The van der Waals surface area contributed by atoms with Gasteiger partial charge in [0.1, 0.15) is 0 Å². The summed E-state index contributed by atoms with van der Waals surface area (Å²) in [6.45, 7) is 1.67. The van der Waals surface area contributed by atoms with Gasteiger partial charge in [-0.2, -0.15) is 4.98 Å². The van der Waals surface area contributed by atoms with Crippen LogP contribution in [-0.4, -0.2) is 30.9 Å². The molecule has 2 aromatic rings. The van der Waals surface area contributed by atoms with E-state index in [9.17, 15) is 0 Å². The second-order valence-corrected chi connectivity index (χ2v) is 3.43. The molecule has 0 amide bonds. The summed E-state index contributed by atoms with van der Waals surface area (Å²) in [6, 6.07) is 0. The van der Waals surface area contributed by atoms with Gasteiger partial charge in [-0.15, -0.1) is 0 Å². The molecule has 6 nitrogen and oxygen atoms in total. The second-order valence-electron chi connectivity index (χ2n) is 3.43. The minimum atomic E-state index is -0.486. The van der Waals surface area contributed by atoms with Crippen LogP contribution in [0.1, 0.15) is 12.8 Å². The number of aliphatic hydroxyl groups is 1. The van der Waals surface area contributed by atoms with E-state index < -0.39 is 6.10 Å². The number of aliphatic hydroxyl groups excluding tert-OH is 1. The topological polar surface area (TPSA) is 77.0 Å². The minimum absolute atomic E-state index is 0.359. The Morgan fingerprint density at radius 3 is 3.00 bits per heavy atom. The quantitative estimate of drug-likeness (QED) is 0.789. The number of imidazole rings is 1. The van der Waals surface area contributed by atoms with Crippen LogP contribution in [0.25, 0.3) is 11.6 Å². The van der Waals surface area contributed by atoms with Gasteiger partial charge < -0.3 is 14.2 Å². The molecular formula is C9H12N4O2. The standard InChI is InChI=1S/C9H12N4O2/c1-6(14)5-7-11-8(12-15-7)9-10-3-4-13(9)2/h3-4,6,14H,5H2,1-2H3. The van der Waals surface area contributed by atoms with E-state index in [4.69, 9.17) is 9.63 Å². The van der Waals surface area contributed by atoms with Crippen molar-refractivity contribution in [3.63, 3.8) is 0 Å². The molecule has 15 heavy (non-hydrogen) atoms. The summed E-state index contributed by atoms with van der Waals surface area (Å²) in [5, 5.41) is 12.9. The van der Waals surface area contributed by atoms with Crippen molar-refractivity contribution in [2.75, 3.05) is 0 Å². The van der Waals surface area contributed by atoms with Crippen molar-refractivity contribution in [1.82, 2.24) is 19.7 Å². The molecule has 0 fully saturated rings. The Balaban J connectivity index is 2.24. The largest absolute Gasteiger partial charge is 0.393 e. The Labute approximate surface area is 86.6 Å². The van der Waals surface area contributed by atoms with Crippen molar-refractivity contribution in [3.05, 3.63) is 18.3 Å². The summed E-state index contributed by atoms with van der Waals surface area (Å²) in [4.78, 5) is 8.23. The number of aryl methyl sites for hydroxylation is 1. The first-order valence-corrected chi connectivity index (χ1v) is 4.65. The van der Waals surface area contributed by atoms with Gasteiger partial charge in [0, 0.05) is 19.4 Å². The zero-order valence-electron chi connectivity index (χ0n) is 8.58. The lowest BCUT2D eigenvalue weighted by Crippen LogP contribution is -2.04. The molecule has 1 N–H and O–H groups in total. The van der Waals surface area contributed by atoms with Crippen LogP contribution in [0.15, 0.2) is 16.9 Å². The van der Waals surface area contributed by atoms with Crippen molar-refractivity contribution in [1.29, 1.82) is 0 Å². The predicted octanol–water partition coefficient (Wildman–Crippen LogP) is 0.393. The molecule has 0 bridgehead atoms. The van der Waals surface area contributed by atoms with Crippen molar-refractivity contribution < 1.29 is 9.63 Å². The van der Waals surface area contributed by atoms with E-state index >= 15 is 0 Å². The molecule has 0 saturated carbocycles. The highest BCUT2D eigenvalue weighted by atomic mass is 16.5. The molecule has 0 aromatic carbocycles. The molecule has 2 aromatic heterocycles. The van der Waals surface area contributed by atoms with E-state index in [2.05, 4.69) is 15.1 Å². The Morgan fingerprint density at radius 2 is 2.40 bits per heavy atom. The highest BCUT2D eigenvalue weighted by molar-refractivity contribution is 5.42. The van der Waals surface area contributed by atoms with E-state index in [1.165, 1.54) is 0 Å². The van der Waals surface area contributed by atoms with Gasteiger partial charge in [0.15, 0.2) is 5.82 Å². The number of rotatable bonds is 3. The molecule has 1 unspecified atom stereocenters. The molecule has 2 heterocycles. The fourth-order valence-corrected chi connectivity index (χ4v) is 1.26. The molecule has 0 aliphatic carbocycles. The first-order valence-electron chi connectivity index (χ1n) is 4.65. The van der Waals surface area contributed by atoms with E-state index in [1.807, 2.05) is 7.05 Å². The summed E-state index contributed by atoms with van der Waals surface area (Å²) in [5.41, 5.74) is 0. The third-order valence-corrected chi connectivity index (χ3v) is 1.96. The van der Waals surface area contributed by atoms with Crippen molar-refractivity contribution in [2.24, 2.45) is 7.05 Å². The average Bonchev–Trinajstić information content (AvgIpc) is 2.72. The van der Waals surface area contributed by atoms with Crippen LogP contribution < -0.4 is 0 Å². The van der Waals surface area contributed by atoms with Gasteiger partial charge in [-0.25, -0.2) is 4.98 Å². The maximum absolute atomic E-state index is 9.15. The van der Waals surface area contributed by atoms with Gasteiger partial charge in [0.05, 0.1) is 12.5 Å². The SMILES string of the molecule is CC(O)Cc1nc(-c2nccn2C)no1. The van der Waals surface area contributed by atoms with E-state index in [0.717, 1.165) is 0 Å². The fraction of sp³-hybridized carbons (Fsp3) is 0.444. The summed E-state index contributed by atoms with van der Waals surface area (Å²) < 4.78 is 6.78. The van der Waals surface area contributed by atoms with Crippen LogP contribution in [0.3, 0.4) is 0 Å². The lowest BCUT2D eigenvalue weighted by molar-refractivity contribution is 0.181. The van der Waals surface area contributed by atoms with Gasteiger partial charge in [-0.05, 0) is 6.92 Å². The second kappa shape index (κ2) is 3.82. The van der Waals surface area contributed by atoms with Crippen LogP contribution in [0.4, 0.5) is 0 Å². The van der Waals surface area contributed by atoms with Gasteiger partial charge in [0.2, 0.25) is 11.7 Å². The molecule has 0 saturated heterocycles. The lowest BCUT2D eigenvalue weighted by Gasteiger charge is -1.95. The minimum Gasteiger partial charge on any atom is -0.393 e. The highest BCUT2D eigenvalue weighted by Gasteiger charge is 2.13. The molecule has 6 heteroatoms. The highest BCUT2D eigenvalue weighted by Crippen LogP contribution is 2.12. The maximum atomic E-state index is 9.15. The monoisotopic (exact) mass is 208 g/mol.